The molecule has 0 atom stereocenters. The molecular formula is C23H22N4O3S2. The molecule has 164 valence electrons. The molecule has 2 aliphatic rings. The van der Waals surface area contributed by atoms with Gasteiger partial charge >= 0.3 is 0 Å². The number of carbonyl (C=O) groups excluding carboxylic acids is 3. The van der Waals surface area contributed by atoms with Crippen molar-refractivity contribution in [1.29, 1.82) is 0 Å². The molecule has 0 aliphatic carbocycles. The maximum Gasteiger partial charge on any atom is 0.253 e. The van der Waals surface area contributed by atoms with Gasteiger partial charge < -0.3 is 4.90 Å². The minimum atomic E-state index is -0.187. The second-order valence-corrected chi connectivity index (χ2v) is 9.73. The highest BCUT2D eigenvalue weighted by Gasteiger charge is 2.30. The third kappa shape index (κ3) is 4.23. The Balaban J connectivity index is 1.16. The fourth-order valence-electron chi connectivity index (χ4n) is 4.02. The summed E-state index contributed by atoms with van der Waals surface area (Å²) in [5, 5.41) is 5.26. The van der Waals surface area contributed by atoms with E-state index in [4.69, 9.17) is 4.98 Å². The number of thiophene rings is 1. The Labute approximate surface area is 193 Å². The van der Waals surface area contributed by atoms with Crippen LogP contribution in [-0.4, -0.2) is 58.7 Å². The maximum absolute atomic E-state index is 12.9. The molecule has 7 nitrogen and oxygen atoms in total. The average molecular weight is 467 g/mol. The quantitative estimate of drug-likeness (QED) is 0.538. The molecule has 1 aromatic carbocycles. The molecule has 0 unspecified atom stereocenters. The number of imide groups is 1. The molecule has 0 radical (unpaired) electrons. The normalized spacial score (nSPS) is 17.4. The van der Waals surface area contributed by atoms with Gasteiger partial charge in [-0.05, 0) is 35.7 Å². The minimum absolute atomic E-state index is 0.0236. The van der Waals surface area contributed by atoms with Crippen LogP contribution in [-0.2, 0) is 16.1 Å². The summed E-state index contributed by atoms with van der Waals surface area (Å²) in [6.45, 7) is 3.72. The smallest absolute Gasteiger partial charge is 0.253 e. The van der Waals surface area contributed by atoms with Crippen LogP contribution in [0.3, 0.4) is 0 Å². The number of benzene rings is 1. The number of thiazole rings is 1. The van der Waals surface area contributed by atoms with Crippen molar-refractivity contribution in [3.63, 3.8) is 0 Å². The summed E-state index contributed by atoms with van der Waals surface area (Å²) in [4.78, 5) is 48.0. The molecule has 4 heterocycles. The number of hydrogen-bond acceptors (Lipinski definition) is 7. The monoisotopic (exact) mass is 466 g/mol. The molecule has 0 N–H and O–H groups in total. The highest BCUT2D eigenvalue weighted by molar-refractivity contribution is 7.14. The number of piperazine rings is 1. The number of anilines is 1. The molecule has 3 aromatic rings. The molecular weight excluding hydrogens is 444 g/mol. The highest BCUT2D eigenvalue weighted by atomic mass is 32.1. The van der Waals surface area contributed by atoms with Gasteiger partial charge in [0.2, 0.25) is 11.8 Å². The van der Waals surface area contributed by atoms with Crippen LogP contribution in [0.15, 0.2) is 47.2 Å². The van der Waals surface area contributed by atoms with Crippen LogP contribution < -0.4 is 4.90 Å². The van der Waals surface area contributed by atoms with Gasteiger partial charge in [0, 0.05) is 50.0 Å². The second-order valence-electron chi connectivity index (χ2n) is 7.84. The largest absolute Gasteiger partial charge is 0.336 e. The summed E-state index contributed by atoms with van der Waals surface area (Å²) in [6, 6.07) is 10.9. The Bertz CT molecular complexity index is 1120. The van der Waals surface area contributed by atoms with Crippen molar-refractivity contribution in [3.8, 4) is 10.6 Å². The first-order valence-corrected chi connectivity index (χ1v) is 12.3. The van der Waals surface area contributed by atoms with Crippen molar-refractivity contribution in [1.82, 2.24) is 14.8 Å². The van der Waals surface area contributed by atoms with E-state index in [2.05, 4.69) is 21.7 Å². The van der Waals surface area contributed by atoms with Crippen LogP contribution in [0.4, 0.5) is 5.69 Å². The van der Waals surface area contributed by atoms with Gasteiger partial charge in [0.1, 0.15) is 5.01 Å². The van der Waals surface area contributed by atoms with E-state index in [0.29, 0.717) is 24.3 Å². The van der Waals surface area contributed by atoms with Crippen LogP contribution >= 0.6 is 22.7 Å². The van der Waals surface area contributed by atoms with Crippen LogP contribution in [0, 0.1) is 0 Å². The molecule has 2 fully saturated rings. The van der Waals surface area contributed by atoms with Crippen molar-refractivity contribution in [2.24, 2.45) is 0 Å². The number of aromatic nitrogens is 1. The van der Waals surface area contributed by atoms with Crippen molar-refractivity contribution >= 4 is 46.1 Å². The van der Waals surface area contributed by atoms with Crippen molar-refractivity contribution in [2.45, 2.75) is 19.4 Å². The summed E-state index contributed by atoms with van der Waals surface area (Å²) >= 11 is 3.37. The van der Waals surface area contributed by atoms with Crippen LogP contribution in [0.1, 0.15) is 28.2 Å². The number of carbonyl (C=O) groups is 3. The first kappa shape index (κ1) is 21.0. The second kappa shape index (κ2) is 8.93. The fourth-order valence-corrected chi connectivity index (χ4v) is 5.62. The van der Waals surface area contributed by atoms with Gasteiger partial charge in [0.05, 0.1) is 22.8 Å². The third-order valence-corrected chi connectivity index (χ3v) is 7.49. The predicted molar refractivity (Wildman–Crippen MR) is 125 cm³/mol. The molecule has 9 heteroatoms. The van der Waals surface area contributed by atoms with E-state index in [1.807, 2.05) is 11.0 Å². The van der Waals surface area contributed by atoms with E-state index >= 15 is 0 Å². The lowest BCUT2D eigenvalue weighted by Crippen LogP contribution is -2.48. The summed E-state index contributed by atoms with van der Waals surface area (Å²) in [6.07, 6.45) is 0.500. The lowest BCUT2D eigenvalue weighted by molar-refractivity contribution is -0.121. The van der Waals surface area contributed by atoms with Crippen molar-refractivity contribution in [3.05, 3.63) is 57.7 Å². The molecule has 0 bridgehead atoms. The average Bonchev–Trinajstić information content (AvgIpc) is 3.56. The molecule has 2 aliphatic heterocycles. The zero-order chi connectivity index (χ0) is 22.1. The number of rotatable bonds is 5. The Hall–Kier alpha value is -2.88. The van der Waals surface area contributed by atoms with E-state index in [-0.39, 0.29) is 30.6 Å². The number of hydrogen-bond donors (Lipinski definition) is 0. The van der Waals surface area contributed by atoms with Gasteiger partial charge in [-0.25, -0.2) is 4.98 Å². The van der Waals surface area contributed by atoms with Gasteiger partial charge in [-0.15, -0.1) is 22.7 Å². The zero-order valence-corrected chi connectivity index (χ0v) is 19.0. The standard InChI is InChI=1S/C23H22N4O3S2/c28-21-7-8-22(29)27(21)17-5-3-16(4-6-17)23(30)26-11-9-25(10-12-26)14-20-24-18(15-32-20)19-2-1-13-31-19/h1-6,13,15H,7-12,14H2. The van der Waals surface area contributed by atoms with Gasteiger partial charge in [0.15, 0.2) is 0 Å². The lowest BCUT2D eigenvalue weighted by atomic mass is 10.1. The fraction of sp³-hybridized carbons (Fsp3) is 0.304. The summed E-state index contributed by atoms with van der Waals surface area (Å²) < 4.78 is 0. The third-order valence-electron chi connectivity index (χ3n) is 5.77. The number of nitrogens with zero attached hydrogens (tertiary/aromatic N) is 4. The van der Waals surface area contributed by atoms with Crippen LogP contribution in [0.25, 0.3) is 10.6 Å². The predicted octanol–water partition coefficient (Wildman–Crippen LogP) is 3.48. The molecule has 5 rings (SSSR count). The van der Waals surface area contributed by atoms with Crippen LogP contribution in [0.2, 0.25) is 0 Å². The Kier molecular flexibility index (Phi) is 5.86. The summed E-state index contributed by atoms with van der Waals surface area (Å²) in [7, 11) is 0. The van der Waals surface area contributed by atoms with Crippen molar-refractivity contribution in [2.75, 3.05) is 31.1 Å². The van der Waals surface area contributed by atoms with Gasteiger partial charge in [0.25, 0.3) is 5.91 Å². The van der Waals surface area contributed by atoms with E-state index in [1.165, 1.54) is 9.78 Å². The molecule has 32 heavy (non-hydrogen) atoms. The molecule has 2 aromatic heterocycles. The molecule has 2 saturated heterocycles. The van der Waals surface area contributed by atoms with E-state index in [9.17, 15) is 14.4 Å². The topological polar surface area (TPSA) is 73.8 Å². The maximum atomic E-state index is 12.9. The van der Waals surface area contributed by atoms with Gasteiger partial charge in [-0.3, -0.25) is 24.2 Å². The number of amides is 3. The van der Waals surface area contributed by atoms with Gasteiger partial charge in [-0.2, -0.15) is 0 Å². The SMILES string of the molecule is O=C(c1ccc(N2C(=O)CCC2=O)cc1)N1CCN(Cc2nc(-c3cccs3)cs2)CC1. The minimum Gasteiger partial charge on any atom is -0.336 e. The first-order chi connectivity index (χ1) is 15.6. The van der Waals surface area contributed by atoms with Gasteiger partial charge in [-0.1, -0.05) is 6.07 Å². The molecule has 0 saturated carbocycles. The van der Waals surface area contributed by atoms with Crippen LogP contribution in [0.5, 0.6) is 0 Å². The first-order valence-electron chi connectivity index (χ1n) is 10.5. The van der Waals surface area contributed by atoms with E-state index in [1.54, 1.807) is 46.9 Å². The van der Waals surface area contributed by atoms with Crippen molar-refractivity contribution < 1.29 is 14.4 Å². The van der Waals surface area contributed by atoms with E-state index < -0.39 is 0 Å². The van der Waals surface area contributed by atoms with E-state index in [0.717, 1.165) is 30.3 Å². The zero-order valence-electron chi connectivity index (χ0n) is 17.4. The molecule has 3 amide bonds. The summed E-state index contributed by atoms with van der Waals surface area (Å²) in [5.41, 5.74) is 2.14. The Morgan fingerprint density at radius 1 is 0.938 bits per heavy atom. The summed E-state index contributed by atoms with van der Waals surface area (Å²) in [5.74, 6) is -0.398. The Morgan fingerprint density at radius 3 is 2.31 bits per heavy atom. The highest BCUT2D eigenvalue weighted by Crippen LogP contribution is 2.27. The lowest BCUT2D eigenvalue weighted by Gasteiger charge is -2.34. The Morgan fingerprint density at radius 2 is 1.66 bits per heavy atom. The molecule has 0 spiro atoms.